The molecule has 1 aliphatic rings. The van der Waals surface area contributed by atoms with E-state index in [4.69, 9.17) is 5.73 Å². The van der Waals surface area contributed by atoms with E-state index in [-0.39, 0.29) is 11.8 Å². The van der Waals surface area contributed by atoms with E-state index < -0.39 is 0 Å². The molecule has 0 spiro atoms. The minimum atomic E-state index is 0.140. The van der Waals surface area contributed by atoms with E-state index in [1.807, 2.05) is 18.2 Å². The van der Waals surface area contributed by atoms with Crippen molar-refractivity contribution in [1.29, 1.82) is 0 Å². The number of carbonyl (C=O) groups is 1. The molecule has 5 heteroatoms. The van der Waals surface area contributed by atoms with Crippen molar-refractivity contribution in [3.8, 4) is 0 Å². The normalized spacial score (nSPS) is 15.0. The first kappa shape index (κ1) is 14.4. The lowest BCUT2D eigenvalue weighted by Gasteiger charge is -2.08. The Balaban J connectivity index is 1.75. The topological polar surface area (TPSA) is 79.5 Å². The third-order valence-electron chi connectivity index (χ3n) is 3.42. The van der Waals surface area contributed by atoms with E-state index in [0.717, 1.165) is 18.5 Å². The summed E-state index contributed by atoms with van der Waals surface area (Å²) in [5.74, 6) is 0.750. The highest BCUT2D eigenvalue weighted by molar-refractivity contribution is 5.92. The number of anilines is 1. The highest BCUT2D eigenvalue weighted by Crippen LogP contribution is 2.28. The van der Waals surface area contributed by atoms with Crippen LogP contribution in [0, 0.1) is 19.8 Å². The minimum Gasteiger partial charge on any atom is -0.370 e. The Kier molecular flexibility index (Phi) is 4.61. The first-order valence-electron chi connectivity index (χ1n) is 6.98. The average Bonchev–Trinajstić information content (AvgIpc) is 3.23. The second-order valence-corrected chi connectivity index (χ2v) is 5.26. The molecule has 0 bridgehead atoms. The van der Waals surface area contributed by atoms with Crippen molar-refractivity contribution in [3.05, 3.63) is 29.3 Å². The van der Waals surface area contributed by atoms with Crippen molar-refractivity contribution in [2.45, 2.75) is 26.7 Å². The van der Waals surface area contributed by atoms with Crippen molar-refractivity contribution in [3.63, 3.8) is 0 Å². The molecule has 0 saturated heterocycles. The number of hydrogen-bond acceptors (Lipinski definition) is 2. The Morgan fingerprint density at radius 1 is 1.35 bits per heavy atom. The molecule has 1 amide bonds. The van der Waals surface area contributed by atoms with Crippen molar-refractivity contribution >= 4 is 17.6 Å². The van der Waals surface area contributed by atoms with Gasteiger partial charge in [0.1, 0.15) is 0 Å². The summed E-state index contributed by atoms with van der Waals surface area (Å²) in [6, 6.07) is 6.05. The van der Waals surface area contributed by atoms with Gasteiger partial charge in [0.2, 0.25) is 5.91 Å². The second-order valence-electron chi connectivity index (χ2n) is 5.26. The van der Waals surface area contributed by atoms with E-state index in [0.29, 0.717) is 19.0 Å². The number of aliphatic imine (C=N–C) groups is 1. The molecule has 1 aromatic rings. The number of rotatable bonds is 5. The maximum Gasteiger partial charge on any atom is 0.223 e. The lowest BCUT2D eigenvalue weighted by Crippen LogP contribution is -2.29. The summed E-state index contributed by atoms with van der Waals surface area (Å²) in [5, 5.41) is 5.90. The Hall–Kier alpha value is -2.04. The molecule has 2 rings (SSSR count). The van der Waals surface area contributed by atoms with Gasteiger partial charge in [0.25, 0.3) is 0 Å². The molecule has 1 saturated carbocycles. The van der Waals surface area contributed by atoms with Gasteiger partial charge in [-0.05, 0) is 49.9 Å². The van der Waals surface area contributed by atoms with Crippen molar-refractivity contribution in [1.82, 2.24) is 5.32 Å². The Labute approximate surface area is 119 Å². The molecule has 20 heavy (non-hydrogen) atoms. The zero-order valence-electron chi connectivity index (χ0n) is 12.1. The fourth-order valence-electron chi connectivity index (χ4n) is 1.85. The number of hydrogen-bond donors (Lipinski definition) is 3. The predicted octanol–water partition coefficient (Wildman–Crippen LogP) is 1.56. The average molecular weight is 274 g/mol. The number of amides is 1. The first-order valence-corrected chi connectivity index (χ1v) is 6.98. The van der Waals surface area contributed by atoms with Gasteiger partial charge in [0, 0.05) is 18.2 Å². The summed E-state index contributed by atoms with van der Waals surface area (Å²) < 4.78 is 0. The van der Waals surface area contributed by atoms with Crippen LogP contribution < -0.4 is 16.4 Å². The lowest BCUT2D eigenvalue weighted by molar-refractivity contribution is -0.122. The van der Waals surface area contributed by atoms with Gasteiger partial charge < -0.3 is 16.4 Å². The summed E-state index contributed by atoms with van der Waals surface area (Å²) in [4.78, 5) is 15.6. The van der Waals surface area contributed by atoms with Crippen molar-refractivity contribution in [2.24, 2.45) is 16.6 Å². The number of guanidine groups is 1. The van der Waals surface area contributed by atoms with Crippen LogP contribution in [0.2, 0.25) is 0 Å². The Morgan fingerprint density at radius 2 is 2.10 bits per heavy atom. The van der Waals surface area contributed by atoms with Gasteiger partial charge in [-0.2, -0.15) is 0 Å². The van der Waals surface area contributed by atoms with Gasteiger partial charge in [0.05, 0.1) is 6.54 Å². The number of nitrogens with one attached hydrogen (secondary N) is 2. The smallest absolute Gasteiger partial charge is 0.223 e. The molecule has 4 N–H and O–H groups in total. The number of benzene rings is 1. The molecule has 0 heterocycles. The molecule has 0 aliphatic heterocycles. The van der Waals surface area contributed by atoms with E-state index >= 15 is 0 Å². The quantitative estimate of drug-likeness (QED) is 0.433. The highest BCUT2D eigenvalue weighted by atomic mass is 16.2. The molecule has 0 radical (unpaired) electrons. The van der Waals surface area contributed by atoms with E-state index in [1.165, 1.54) is 11.1 Å². The summed E-state index contributed by atoms with van der Waals surface area (Å²) in [6.07, 6.45) is 2.04. The Morgan fingerprint density at radius 3 is 2.75 bits per heavy atom. The molecule has 108 valence electrons. The van der Waals surface area contributed by atoms with Crippen LogP contribution >= 0.6 is 0 Å². The Bertz CT molecular complexity index is 521. The van der Waals surface area contributed by atoms with Gasteiger partial charge in [-0.25, -0.2) is 0 Å². The maximum absolute atomic E-state index is 11.4. The fraction of sp³-hybridized carbons (Fsp3) is 0.467. The molecular weight excluding hydrogens is 252 g/mol. The molecule has 0 atom stereocenters. The molecule has 1 aromatic carbocycles. The zero-order chi connectivity index (χ0) is 14.5. The molecule has 1 fully saturated rings. The van der Waals surface area contributed by atoms with Crippen LogP contribution in [0.5, 0.6) is 0 Å². The van der Waals surface area contributed by atoms with Gasteiger partial charge in [-0.3, -0.25) is 9.79 Å². The number of aryl methyl sites for hydroxylation is 2. The predicted molar refractivity (Wildman–Crippen MR) is 81.8 cm³/mol. The standard InChI is InChI=1S/C15H22N4O/c1-10-3-6-13(9-11(10)2)19-15(16)18-8-7-17-14(20)12-4-5-12/h3,6,9,12H,4-5,7-8H2,1-2H3,(H,17,20)(H3,16,18,19). The van der Waals surface area contributed by atoms with Crippen LogP contribution in [0.15, 0.2) is 23.2 Å². The fourth-order valence-corrected chi connectivity index (χ4v) is 1.85. The van der Waals surface area contributed by atoms with Crippen LogP contribution in [0.25, 0.3) is 0 Å². The monoisotopic (exact) mass is 274 g/mol. The van der Waals surface area contributed by atoms with E-state index in [2.05, 4.69) is 29.5 Å². The largest absolute Gasteiger partial charge is 0.370 e. The number of carbonyl (C=O) groups excluding carboxylic acids is 1. The number of nitrogens with two attached hydrogens (primary N) is 1. The van der Waals surface area contributed by atoms with Crippen LogP contribution in [0.1, 0.15) is 24.0 Å². The third-order valence-corrected chi connectivity index (χ3v) is 3.42. The van der Waals surface area contributed by atoms with Crippen LogP contribution in [0.3, 0.4) is 0 Å². The highest BCUT2D eigenvalue weighted by Gasteiger charge is 2.28. The summed E-state index contributed by atoms with van der Waals surface area (Å²) in [5.41, 5.74) is 9.19. The molecule has 0 unspecified atom stereocenters. The van der Waals surface area contributed by atoms with E-state index in [1.54, 1.807) is 0 Å². The van der Waals surface area contributed by atoms with Crippen LogP contribution in [0.4, 0.5) is 5.69 Å². The lowest BCUT2D eigenvalue weighted by atomic mass is 10.1. The number of nitrogens with zero attached hydrogens (tertiary/aromatic N) is 1. The van der Waals surface area contributed by atoms with Gasteiger partial charge in [0.15, 0.2) is 5.96 Å². The third kappa shape index (κ3) is 4.26. The van der Waals surface area contributed by atoms with Gasteiger partial charge in [-0.1, -0.05) is 6.07 Å². The molecule has 1 aliphatic carbocycles. The van der Waals surface area contributed by atoms with Crippen LogP contribution in [-0.2, 0) is 4.79 Å². The van der Waals surface area contributed by atoms with Crippen molar-refractivity contribution in [2.75, 3.05) is 18.4 Å². The molecule has 5 nitrogen and oxygen atoms in total. The van der Waals surface area contributed by atoms with E-state index in [9.17, 15) is 4.79 Å². The zero-order valence-corrected chi connectivity index (χ0v) is 12.1. The molecular formula is C15H22N4O. The van der Waals surface area contributed by atoms with Crippen molar-refractivity contribution < 1.29 is 4.79 Å². The van der Waals surface area contributed by atoms with Gasteiger partial charge in [-0.15, -0.1) is 0 Å². The molecule has 0 aromatic heterocycles. The first-order chi connectivity index (χ1) is 9.56. The second kappa shape index (κ2) is 6.41. The summed E-state index contributed by atoms with van der Waals surface area (Å²) in [7, 11) is 0. The minimum absolute atomic E-state index is 0.140. The SMILES string of the molecule is Cc1ccc(NC(N)=NCCNC(=O)C2CC2)cc1C. The maximum atomic E-state index is 11.4. The van der Waals surface area contributed by atoms with Gasteiger partial charge >= 0.3 is 0 Å². The van der Waals surface area contributed by atoms with Crippen LogP contribution in [-0.4, -0.2) is 25.0 Å². The summed E-state index contributed by atoms with van der Waals surface area (Å²) in [6.45, 7) is 5.15. The summed E-state index contributed by atoms with van der Waals surface area (Å²) >= 11 is 0.